The molecule has 3 atom stereocenters. The molecule has 2 aliphatic rings. The Kier molecular flexibility index (Phi) is 2.16. The molecule has 1 nitrogen and oxygen atoms in total. The van der Waals surface area contributed by atoms with Gasteiger partial charge in [-0.3, -0.25) is 0 Å². The molecule has 0 amide bonds. The van der Waals surface area contributed by atoms with E-state index >= 15 is 0 Å². The summed E-state index contributed by atoms with van der Waals surface area (Å²) in [6.45, 7) is 7.47. The third kappa shape index (κ3) is 1.28. The van der Waals surface area contributed by atoms with Crippen LogP contribution in [0, 0.1) is 17.3 Å². The molecule has 0 aromatic rings. The molecule has 0 aromatic carbocycles. The van der Waals surface area contributed by atoms with Crippen LogP contribution < -0.4 is 5.32 Å². The molecular weight excluding hydrogens is 146 g/mol. The van der Waals surface area contributed by atoms with Crippen molar-refractivity contribution in [1.29, 1.82) is 0 Å². The quantitative estimate of drug-likeness (QED) is 0.584. The van der Waals surface area contributed by atoms with Gasteiger partial charge in [0.2, 0.25) is 0 Å². The van der Waals surface area contributed by atoms with E-state index in [1.54, 1.807) is 0 Å². The molecule has 2 rings (SSSR count). The normalized spacial score (nSPS) is 48.5. The summed E-state index contributed by atoms with van der Waals surface area (Å²) in [5, 5.41) is 3.54. The molecule has 0 radical (unpaired) electrons. The zero-order chi connectivity index (χ0) is 8.60. The van der Waals surface area contributed by atoms with Gasteiger partial charge in [0.05, 0.1) is 0 Å². The number of rotatable bonds is 0. The molecule has 1 N–H and O–H groups in total. The fraction of sp³-hybridized carbons (Fsp3) is 1.00. The van der Waals surface area contributed by atoms with E-state index in [1.165, 1.54) is 38.8 Å². The highest BCUT2D eigenvalue weighted by Crippen LogP contribution is 2.47. The van der Waals surface area contributed by atoms with Crippen molar-refractivity contribution in [3.05, 3.63) is 0 Å². The third-order valence-electron chi connectivity index (χ3n) is 4.23. The molecular formula is C11H21N. The smallest absolute Gasteiger partial charge is 0.00127 e. The highest BCUT2D eigenvalue weighted by molar-refractivity contribution is 4.93. The number of fused-ring (bicyclic) bond motifs is 1. The Morgan fingerprint density at radius 1 is 1.33 bits per heavy atom. The number of piperidine rings is 1. The average Bonchev–Trinajstić information content (AvgIpc) is 2.04. The fourth-order valence-corrected chi connectivity index (χ4v) is 3.29. The molecule has 12 heavy (non-hydrogen) atoms. The predicted octanol–water partition coefficient (Wildman–Crippen LogP) is 2.42. The Morgan fingerprint density at radius 2 is 2.17 bits per heavy atom. The van der Waals surface area contributed by atoms with Gasteiger partial charge in [-0.1, -0.05) is 26.7 Å². The molecule has 70 valence electrons. The molecule has 2 fully saturated rings. The molecule has 1 saturated heterocycles. The zero-order valence-corrected chi connectivity index (χ0v) is 8.40. The lowest BCUT2D eigenvalue weighted by molar-refractivity contribution is 0.0351. The van der Waals surface area contributed by atoms with Crippen LogP contribution in [0.3, 0.4) is 0 Å². The summed E-state index contributed by atoms with van der Waals surface area (Å²) in [4.78, 5) is 0. The molecule has 1 heterocycles. The maximum absolute atomic E-state index is 3.54. The molecule has 1 aliphatic heterocycles. The second-order valence-corrected chi connectivity index (χ2v) is 5.08. The van der Waals surface area contributed by atoms with Crippen LogP contribution in [0.25, 0.3) is 0 Å². The molecule has 3 unspecified atom stereocenters. The van der Waals surface area contributed by atoms with E-state index in [0.29, 0.717) is 5.41 Å². The van der Waals surface area contributed by atoms with Crippen molar-refractivity contribution >= 4 is 0 Å². The van der Waals surface area contributed by atoms with Gasteiger partial charge in [-0.2, -0.15) is 0 Å². The topological polar surface area (TPSA) is 12.0 Å². The zero-order valence-electron chi connectivity index (χ0n) is 8.40. The lowest BCUT2D eigenvalue weighted by atomic mass is 9.60. The average molecular weight is 167 g/mol. The number of hydrogen-bond acceptors (Lipinski definition) is 1. The fourth-order valence-electron chi connectivity index (χ4n) is 3.29. The highest BCUT2D eigenvalue weighted by atomic mass is 14.9. The van der Waals surface area contributed by atoms with Gasteiger partial charge >= 0.3 is 0 Å². The molecule has 0 bridgehead atoms. The Balaban J connectivity index is 2.12. The standard InChI is InChI=1S/C11H21N/c1-9-4-3-5-11(2)6-7-12-8-10(9)11/h9-10,12H,3-8H2,1-2H3. The van der Waals surface area contributed by atoms with Crippen molar-refractivity contribution in [2.45, 2.75) is 39.5 Å². The van der Waals surface area contributed by atoms with Crippen LogP contribution in [0.5, 0.6) is 0 Å². The minimum atomic E-state index is 0.683. The Bertz CT molecular complexity index is 162. The van der Waals surface area contributed by atoms with Crippen LogP contribution >= 0.6 is 0 Å². The Labute approximate surface area is 75.9 Å². The molecule has 0 aromatic heterocycles. The number of nitrogens with one attached hydrogen (secondary N) is 1. The maximum atomic E-state index is 3.54. The van der Waals surface area contributed by atoms with E-state index in [9.17, 15) is 0 Å². The van der Waals surface area contributed by atoms with Gasteiger partial charge in [-0.25, -0.2) is 0 Å². The van der Waals surface area contributed by atoms with Gasteiger partial charge < -0.3 is 5.32 Å². The second-order valence-electron chi connectivity index (χ2n) is 5.08. The Morgan fingerprint density at radius 3 is 2.92 bits per heavy atom. The van der Waals surface area contributed by atoms with Crippen LogP contribution in [-0.2, 0) is 0 Å². The summed E-state index contributed by atoms with van der Waals surface area (Å²) in [6.07, 6.45) is 5.81. The van der Waals surface area contributed by atoms with Gasteiger partial charge in [-0.15, -0.1) is 0 Å². The van der Waals surface area contributed by atoms with E-state index < -0.39 is 0 Å². The molecule has 1 saturated carbocycles. The Hall–Kier alpha value is -0.0400. The summed E-state index contributed by atoms with van der Waals surface area (Å²) in [6, 6.07) is 0. The van der Waals surface area contributed by atoms with Gasteiger partial charge in [0.25, 0.3) is 0 Å². The summed E-state index contributed by atoms with van der Waals surface area (Å²) < 4.78 is 0. The molecule has 1 aliphatic carbocycles. The van der Waals surface area contributed by atoms with E-state index in [0.717, 1.165) is 11.8 Å². The highest BCUT2D eigenvalue weighted by Gasteiger charge is 2.41. The van der Waals surface area contributed by atoms with Crippen molar-refractivity contribution in [3.8, 4) is 0 Å². The summed E-state index contributed by atoms with van der Waals surface area (Å²) in [5.74, 6) is 1.91. The third-order valence-corrected chi connectivity index (χ3v) is 4.23. The van der Waals surface area contributed by atoms with Gasteiger partial charge in [0.15, 0.2) is 0 Å². The van der Waals surface area contributed by atoms with Crippen molar-refractivity contribution in [2.75, 3.05) is 13.1 Å². The van der Waals surface area contributed by atoms with Crippen molar-refractivity contribution < 1.29 is 0 Å². The van der Waals surface area contributed by atoms with Crippen LogP contribution in [0.4, 0.5) is 0 Å². The first-order valence-corrected chi connectivity index (χ1v) is 5.43. The maximum Gasteiger partial charge on any atom is -0.00127 e. The minimum Gasteiger partial charge on any atom is -0.316 e. The second kappa shape index (κ2) is 3.02. The van der Waals surface area contributed by atoms with Crippen molar-refractivity contribution in [2.24, 2.45) is 17.3 Å². The lowest BCUT2D eigenvalue weighted by Crippen LogP contribution is -2.48. The van der Waals surface area contributed by atoms with E-state index in [4.69, 9.17) is 0 Å². The van der Waals surface area contributed by atoms with Crippen molar-refractivity contribution in [1.82, 2.24) is 5.32 Å². The molecule has 0 spiro atoms. The van der Waals surface area contributed by atoms with Gasteiger partial charge in [0.1, 0.15) is 0 Å². The van der Waals surface area contributed by atoms with Crippen LogP contribution in [0.1, 0.15) is 39.5 Å². The first-order chi connectivity index (χ1) is 5.72. The first kappa shape index (κ1) is 8.55. The van der Waals surface area contributed by atoms with Crippen LogP contribution in [0.2, 0.25) is 0 Å². The predicted molar refractivity (Wildman–Crippen MR) is 52.1 cm³/mol. The molecule has 1 heteroatoms. The lowest BCUT2D eigenvalue weighted by Gasteiger charge is -2.48. The number of hydrogen-bond donors (Lipinski definition) is 1. The van der Waals surface area contributed by atoms with E-state index in [1.807, 2.05) is 0 Å². The largest absolute Gasteiger partial charge is 0.316 e. The van der Waals surface area contributed by atoms with Gasteiger partial charge in [-0.05, 0) is 43.2 Å². The van der Waals surface area contributed by atoms with E-state index in [2.05, 4.69) is 19.2 Å². The summed E-state index contributed by atoms with van der Waals surface area (Å²) in [7, 11) is 0. The first-order valence-electron chi connectivity index (χ1n) is 5.43. The van der Waals surface area contributed by atoms with Crippen molar-refractivity contribution in [3.63, 3.8) is 0 Å². The van der Waals surface area contributed by atoms with E-state index in [-0.39, 0.29) is 0 Å². The summed E-state index contributed by atoms with van der Waals surface area (Å²) in [5.41, 5.74) is 0.683. The SMILES string of the molecule is CC1CCCC2(C)CCNCC12. The minimum absolute atomic E-state index is 0.683. The van der Waals surface area contributed by atoms with Crippen LogP contribution in [-0.4, -0.2) is 13.1 Å². The summed E-state index contributed by atoms with van der Waals surface area (Å²) >= 11 is 0. The monoisotopic (exact) mass is 167 g/mol. The van der Waals surface area contributed by atoms with Gasteiger partial charge in [0, 0.05) is 0 Å². The van der Waals surface area contributed by atoms with Crippen LogP contribution in [0.15, 0.2) is 0 Å².